The molecular formula is C19H19F3N4O. The lowest BCUT2D eigenvalue weighted by Gasteiger charge is -2.35. The number of aliphatic hydroxyl groups is 1. The van der Waals surface area contributed by atoms with Crippen molar-refractivity contribution in [2.24, 2.45) is 0 Å². The number of alkyl halides is 3. The molecule has 0 aliphatic carbocycles. The summed E-state index contributed by atoms with van der Waals surface area (Å²) in [6, 6.07) is 7.54. The van der Waals surface area contributed by atoms with Crippen molar-refractivity contribution in [3.05, 3.63) is 59.5 Å². The lowest BCUT2D eigenvalue weighted by Crippen LogP contribution is -2.36. The predicted molar refractivity (Wildman–Crippen MR) is 93.8 cm³/mol. The van der Waals surface area contributed by atoms with E-state index in [0.717, 1.165) is 17.0 Å². The van der Waals surface area contributed by atoms with E-state index in [1.807, 2.05) is 4.90 Å². The van der Waals surface area contributed by atoms with Crippen LogP contribution in [0.25, 0.3) is 10.9 Å². The second-order valence-electron chi connectivity index (χ2n) is 6.80. The number of hydrogen-bond acceptors (Lipinski definition) is 4. The molecular weight excluding hydrogens is 357 g/mol. The molecule has 2 N–H and O–H groups in total. The van der Waals surface area contributed by atoms with E-state index < -0.39 is 18.0 Å². The van der Waals surface area contributed by atoms with Crippen LogP contribution in [0.1, 0.15) is 41.8 Å². The molecule has 1 aromatic carbocycles. The molecule has 1 saturated heterocycles. The van der Waals surface area contributed by atoms with Crippen molar-refractivity contribution in [3.63, 3.8) is 0 Å². The maximum atomic E-state index is 13.3. The van der Waals surface area contributed by atoms with Gasteiger partial charge in [0.15, 0.2) is 6.23 Å². The molecule has 142 valence electrons. The first-order valence-electron chi connectivity index (χ1n) is 8.81. The number of halogens is 3. The van der Waals surface area contributed by atoms with Crippen molar-refractivity contribution >= 4 is 10.9 Å². The number of aromatic amines is 1. The molecule has 1 fully saturated rings. The Morgan fingerprint density at radius 1 is 1.15 bits per heavy atom. The van der Waals surface area contributed by atoms with Gasteiger partial charge >= 0.3 is 6.18 Å². The molecule has 27 heavy (non-hydrogen) atoms. The number of aliphatic hydroxyl groups excluding tert-OH is 1. The van der Waals surface area contributed by atoms with Crippen molar-refractivity contribution in [2.75, 3.05) is 13.1 Å². The van der Waals surface area contributed by atoms with Crippen molar-refractivity contribution < 1.29 is 18.3 Å². The van der Waals surface area contributed by atoms with Gasteiger partial charge in [0, 0.05) is 30.9 Å². The molecule has 1 aliphatic rings. The summed E-state index contributed by atoms with van der Waals surface area (Å²) in [4.78, 5) is 5.90. The van der Waals surface area contributed by atoms with Crippen LogP contribution in [-0.4, -0.2) is 38.3 Å². The molecule has 8 heteroatoms. The van der Waals surface area contributed by atoms with Crippen LogP contribution in [0.2, 0.25) is 0 Å². The highest BCUT2D eigenvalue weighted by atomic mass is 19.4. The summed E-state index contributed by atoms with van der Waals surface area (Å²) in [5.41, 5.74) is 1.06. The molecule has 1 unspecified atom stereocenters. The molecule has 0 saturated carbocycles. The van der Waals surface area contributed by atoms with Crippen LogP contribution in [0.4, 0.5) is 13.2 Å². The van der Waals surface area contributed by atoms with Gasteiger partial charge in [-0.3, -0.25) is 15.0 Å². The fraction of sp³-hybridized carbons (Fsp3) is 0.368. The normalized spacial score (nSPS) is 18.1. The Kier molecular flexibility index (Phi) is 4.61. The van der Waals surface area contributed by atoms with E-state index in [1.54, 1.807) is 30.6 Å². The standard InChI is InChI=1S/C19H19F3N4O/c20-19(21,22)15-4-2-1-3-13(15)12-6-9-26(10-7-12)18(27)17-14-11-23-8-5-16(14)24-25-17/h1-5,8,11-12,18,27H,6-7,9-10H2,(H,24,25). The summed E-state index contributed by atoms with van der Waals surface area (Å²) in [6.45, 7) is 0.985. The van der Waals surface area contributed by atoms with Crippen LogP contribution in [-0.2, 0) is 6.18 Å². The van der Waals surface area contributed by atoms with Gasteiger partial charge in [-0.05, 0) is 36.5 Å². The molecule has 0 bridgehead atoms. The molecule has 0 spiro atoms. The minimum Gasteiger partial charge on any atom is -0.372 e. The minimum atomic E-state index is -4.35. The quantitative estimate of drug-likeness (QED) is 0.729. The Balaban J connectivity index is 1.50. The Morgan fingerprint density at radius 2 is 1.89 bits per heavy atom. The van der Waals surface area contributed by atoms with Gasteiger partial charge in [-0.2, -0.15) is 18.3 Å². The average molecular weight is 376 g/mol. The van der Waals surface area contributed by atoms with Crippen molar-refractivity contribution in [1.29, 1.82) is 0 Å². The van der Waals surface area contributed by atoms with E-state index in [0.29, 0.717) is 37.2 Å². The third-order valence-corrected chi connectivity index (χ3v) is 5.22. The number of aromatic nitrogens is 3. The minimum absolute atomic E-state index is 0.177. The second kappa shape index (κ2) is 6.94. The molecule has 3 heterocycles. The lowest BCUT2D eigenvalue weighted by atomic mass is 9.86. The van der Waals surface area contributed by atoms with E-state index in [-0.39, 0.29) is 5.92 Å². The largest absolute Gasteiger partial charge is 0.416 e. The van der Waals surface area contributed by atoms with Gasteiger partial charge < -0.3 is 5.11 Å². The van der Waals surface area contributed by atoms with Crippen LogP contribution >= 0.6 is 0 Å². The number of pyridine rings is 1. The first-order valence-corrected chi connectivity index (χ1v) is 8.81. The number of nitrogens with one attached hydrogen (secondary N) is 1. The maximum Gasteiger partial charge on any atom is 0.416 e. The molecule has 0 radical (unpaired) electrons. The fourth-order valence-electron chi connectivity index (χ4n) is 3.81. The number of hydrogen-bond donors (Lipinski definition) is 2. The van der Waals surface area contributed by atoms with Crippen LogP contribution in [0.5, 0.6) is 0 Å². The van der Waals surface area contributed by atoms with E-state index >= 15 is 0 Å². The van der Waals surface area contributed by atoms with Gasteiger partial charge in [0.1, 0.15) is 5.69 Å². The molecule has 4 rings (SSSR count). The molecule has 2 aromatic heterocycles. The van der Waals surface area contributed by atoms with Crippen molar-refractivity contribution in [3.8, 4) is 0 Å². The number of likely N-dealkylation sites (tertiary alicyclic amines) is 1. The fourth-order valence-corrected chi connectivity index (χ4v) is 3.81. The van der Waals surface area contributed by atoms with Gasteiger partial charge in [-0.1, -0.05) is 18.2 Å². The molecule has 0 amide bonds. The first-order chi connectivity index (χ1) is 12.9. The summed E-state index contributed by atoms with van der Waals surface area (Å²) < 4.78 is 39.8. The summed E-state index contributed by atoms with van der Waals surface area (Å²) in [5.74, 6) is -0.177. The Bertz CT molecular complexity index is 932. The predicted octanol–water partition coefficient (Wildman–Crippen LogP) is 3.85. The zero-order valence-electron chi connectivity index (χ0n) is 14.4. The molecule has 5 nitrogen and oxygen atoms in total. The molecule has 3 aromatic rings. The summed E-state index contributed by atoms with van der Waals surface area (Å²) in [6.07, 6.45) is -0.894. The lowest BCUT2D eigenvalue weighted by molar-refractivity contribution is -0.138. The van der Waals surface area contributed by atoms with Crippen LogP contribution in [0, 0.1) is 0 Å². The highest BCUT2D eigenvalue weighted by Crippen LogP contribution is 2.39. The number of H-pyrrole nitrogens is 1. The zero-order chi connectivity index (χ0) is 19.0. The molecule has 1 aliphatic heterocycles. The number of rotatable bonds is 3. The SMILES string of the molecule is OC(c1n[nH]c2ccncc12)N1CCC(c2ccccc2C(F)(F)F)CC1. The average Bonchev–Trinajstić information content (AvgIpc) is 3.11. The van der Waals surface area contributed by atoms with Crippen LogP contribution < -0.4 is 0 Å². The first kappa shape index (κ1) is 17.9. The Hall–Kier alpha value is -2.45. The van der Waals surface area contributed by atoms with Gasteiger partial charge in [0.05, 0.1) is 11.1 Å². The van der Waals surface area contributed by atoms with Gasteiger partial charge in [-0.25, -0.2) is 0 Å². The zero-order valence-corrected chi connectivity index (χ0v) is 14.4. The number of fused-ring (bicyclic) bond motifs is 1. The van der Waals surface area contributed by atoms with Gasteiger partial charge in [0.2, 0.25) is 0 Å². The van der Waals surface area contributed by atoms with Crippen molar-refractivity contribution in [2.45, 2.75) is 31.2 Å². The van der Waals surface area contributed by atoms with Gasteiger partial charge in [-0.15, -0.1) is 0 Å². The third kappa shape index (κ3) is 3.42. The van der Waals surface area contributed by atoms with Crippen LogP contribution in [0.15, 0.2) is 42.7 Å². The number of piperidine rings is 1. The summed E-state index contributed by atoms with van der Waals surface area (Å²) >= 11 is 0. The van der Waals surface area contributed by atoms with E-state index in [9.17, 15) is 18.3 Å². The monoisotopic (exact) mass is 376 g/mol. The highest BCUT2D eigenvalue weighted by molar-refractivity contribution is 5.80. The molecule has 1 atom stereocenters. The smallest absolute Gasteiger partial charge is 0.372 e. The van der Waals surface area contributed by atoms with E-state index in [4.69, 9.17) is 0 Å². The third-order valence-electron chi connectivity index (χ3n) is 5.22. The Morgan fingerprint density at radius 3 is 2.63 bits per heavy atom. The van der Waals surface area contributed by atoms with Crippen LogP contribution in [0.3, 0.4) is 0 Å². The maximum absolute atomic E-state index is 13.3. The Labute approximate surface area is 153 Å². The summed E-state index contributed by atoms with van der Waals surface area (Å²) in [5, 5.41) is 18.5. The summed E-state index contributed by atoms with van der Waals surface area (Å²) in [7, 11) is 0. The number of benzene rings is 1. The topological polar surface area (TPSA) is 65.0 Å². The second-order valence-corrected chi connectivity index (χ2v) is 6.80. The van der Waals surface area contributed by atoms with Crippen molar-refractivity contribution in [1.82, 2.24) is 20.1 Å². The number of nitrogens with zero attached hydrogens (tertiary/aromatic N) is 3. The highest BCUT2D eigenvalue weighted by Gasteiger charge is 2.36. The van der Waals surface area contributed by atoms with E-state index in [2.05, 4.69) is 15.2 Å². The van der Waals surface area contributed by atoms with Gasteiger partial charge in [0.25, 0.3) is 0 Å². The van der Waals surface area contributed by atoms with E-state index in [1.165, 1.54) is 6.07 Å².